The summed E-state index contributed by atoms with van der Waals surface area (Å²) >= 11 is 5.90. The number of hydrogen-bond acceptors (Lipinski definition) is 1. The van der Waals surface area contributed by atoms with Gasteiger partial charge in [-0.1, -0.05) is 41.9 Å². The molecule has 0 aromatic heterocycles. The van der Waals surface area contributed by atoms with Gasteiger partial charge in [-0.2, -0.15) is 0 Å². The molecule has 0 atom stereocenters. The van der Waals surface area contributed by atoms with Gasteiger partial charge >= 0.3 is 6.03 Å². The summed E-state index contributed by atoms with van der Waals surface area (Å²) < 4.78 is 0. The number of rotatable bonds is 3. The van der Waals surface area contributed by atoms with E-state index in [0.29, 0.717) is 11.6 Å². The number of nitrogens with zero attached hydrogens (tertiary/aromatic N) is 1. The number of nitrogens with one attached hydrogen (secondary N) is 1. The summed E-state index contributed by atoms with van der Waals surface area (Å²) in [6.45, 7) is 0.455. The Morgan fingerprint density at radius 3 is 2.58 bits per heavy atom. The van der Waals surface area contributed by atoms with Gasteiger partial charge in [-0.3, -0.25) is 4.90 Å². The summed E-state index contributed by atoms with van der Waals surface area (Å²) in [6, 6.07) is 16.8. The van der Waals surface area contributed by atoms with E-state index in [9.17, 15) is 4.79 Å². The van der Waals surface area contributed by atoms with Crippen LogP contribution in [-0.2, 0) is 6.54 Å². The largest absolute Gasteiger partial charge is 0.334 e. The van der Waals surface area contributed by atoms with Gasteiger partial charge in [0.1, 0.15) is 0 Å². The summed E-state index contributed by atoms with van der Waals surface area (Å²) in [5.74, 6) is 0. The maximum atomic E-state index is 12.0. The smallest absolute Gasteiger partial charge is 0.321 e. The van der Waals surface area contributed by atoms with E-state index in [-0.39, 0.29) is 6.03 Å². The normalized spacial score (nSPS) is 10.0. The molecule has 0 saturated carbocycles. The molecule has 2 aromatic rings. The fourth-order valence-corrected chi connectivity index (χ4v) is 1.92. The second-order valence-electron chi connectivity index (χ2n) is 4.18. The lowest BCUT2D eigenvalue weighted by Gasteiger charge is -2.18. The van der Waals surface area contributed by atoms with Crippen LogP contribution in [0.3, 0.4) is 0 Å². The lowest BCUT2D eigenvalue weighted by molar-refractivity contribution is 0.247. The quantitative estimate of drug-likeness (QED) is 0.910. The monoisotopic (exact) mass is 274 g/mol. The van der Waals surface area contributed by atoms with Crippen molar-refractivity contribution in [3.8, 4) is 0 Å². The van der Waals surface area contributed by atoms with E-state index in [1.54, 1.807) is 11.9 Å². The third-order valence-corrected chi connectivity index (χ3v) is 3.02. The number of carbonyl (C=O) groups excluding carboxylic acids is 1. The van der Waals surface area contributed by atoms with E-state index >= 15 is 0 Å². The van der Waals surface area contributed by atoms with Gasteiger partial charge in [0.15, 0.2) is 0 Å². The molecular formula is C15H15ClN2O. The van der Waals surface area contributed by atoms with Crippen LogP contribution in [0.1, 0.15) is 5.56 Å². The Labute approximate surface area is 117 Å². The van der Waals surface area contributed by atoms with Gasteiger partial charge in [0.25, 0.3) is 0 Å². The van der Waals surface area contributed by atoms with Crippen molar-refractivity contribution >= 4 is 23.3 Å². The van der Waals surface area contributed by atoms with Gasteiger partial charge in [0, 0.05) is 24.3 Å². The number of hydrogen-bond donors (Lipinski definition) is 1. The fraction of sp³-hybridized carbons (Fsp3) is 0.133. The van der Waals surface area contributed by atoms with Crippen molar-refractivity contribution in [3.05, 3.63) is 65.2 Å². The van der Waals surface area contributed by atoms with Crippen LogP contribution >= 0.6 is 11.6 Å². The predicted octanol–water partition coefficient (Wildman–Crippen LogP) is 3.69. The minimum Gasteiger partial charge on any atom is -0.334 e. The maximum absolute atomic E-state index is 12.0. The van der Waals surface area contributed by atoms with E-state index < -0.39 is 0 Å². The van der Waals surface area contributed by atoms with Crippen LogP contribution < -0.4 is 10.2 Å². The van der Waals surface area contributed by atoms with Gasteiger partial charge in [-0.15, -0.1) is 0 Å². The van der Waals surface area contributed by atoms with Gasteiger partial charge in [-0.05, 0) is 29.8 Å². The molecule has 0 saturated heterocycles. The van der Waals surface area contributed by atoms with Gasteiger partial charge in [0.2, 0.25) is 0 Å². The van der Waals surface area contributed by atoms with Crippen molar-refractivity contribution in [2.45, 2.75) is 6.54 Å². The fourth-order valence-electron chi connectivity index (χ4n) is 1.71. The van der Waals surface area contributed by atoms with Gasteiger partial charge in [0.05, 0.1) is 0 Å². The Kier molecular flexibility index (Phi) is 4.42. The molecule has 98 valence electrons. The van der Waals surface area contributed by atoms with Crippen LogP contribution in [0.15, 0.2) is 54.6 Å². The molecule has 19 heavy (non-hydrogen) atoms. The topological polar surface area (TPSA) is 32.3 Å². The highest BCUT2D eigenvalue weighted by Gasteiger charge is 2.09. The van der Waals surface area contributed by atoms with Crippen LogP contribution in [0, 0.1) is 0 Å². The molecule has 4 heteroatoms. The average molecular weight is 275 g/mol. The number of carbonyl (C=O) groups is 1. The Morgan fingerprint density at radius 2 is 1.89 bits per heavy atom. The molecule has 0 heterocycles. The lowest BCUT2D eigenvalue weighted by atomic mass is 10.2. The van der Waals surface area contributed by atoms with Crippen molar-refractivity contribution in [2.75, 3.05) is 11.9 Å². The minimum absolute atomic E-state index is 0.147. The number of halogens is 1. The first-order valence-corrected chi connectivity index (χ1v) is 6.35. The molecule has 0 aliphatic carbocycles. The van der Waals surface area contributed by atoms with Crippen molar-refractivity contribution < 1.29 is 4.79 Å². The molecule has 0 spiro atoms. The number of para-hydroxylation sites is 1. The van der Waals surface area contributed by atoms with Crippen molar-refractivity contribution in [3.63, 3.8) is 0 Å². The summed E-state index contributed by atoms with van der Waals surface area (Å²) in [7, 11) is 1.74. The molecule has 0 bridgehead atoms. The zero-order valence-corrected chi connectivity index (χ0v) is 11.4. The first-order valence-electron chi connectivity index (χ1n) is 5.98. The standard InChI is InChI=1S/C15H15ClN2O/c1-18(14-8-3-2-4-9-14)15(19)17-11-12-6-5-7-13(16)10-12/h2-10H,11H2,1H3,(H,17,19). The van der Waals surface area contributed by atoms with E-state index in [0.717, 1.165) is 11.3 Å². The first-order chi connectivity index (χ1) is 9.16. The second kappa shape index (κ2) is 6.25. The molecule has 2 rings (SSSR count). The van der Waals surface area contributed by atoms with Gasteiger partial charge in [-0.25, -0.2) is 4.79 Å². The third kappa shape index (κ3) is 3.73. The highest BCUT2D eigenvalue weighted by molar-refractivity contribution is 6.30. The molecular weight excluding hydrogens is 260 g/mol. The van der Waals surface area contributed by atoms with E-state index in [1.165, 1.54) is 0 Å². The minimum atomic E-state index is -0.147. The average Bonchev–Trinajstić information content (AvgIpc) is 2.45. The highest BCUT2D eigenvalue weighted by Crippen LogP contribution is 2.12. The van der Waals surface area contributed by atoms with Crippen LogP contribution in [0.4, 0.5) is 10.5 Å². The zero-order valence-electron chi connectivity index (χ0n) is 10.6. The van der Waals surface area contributed by atoms with E-state index in [4.69, 9.17) is 11.6 Å². The predicted molar refractivity (Wildman–Crippen MR) is 78.5 cm³/mol. The Hall–Kier alpha value is -2.00. The van der Waals surface area contributed by atoms with Crippen molar-refractivity contribution in [1.29, 1.82) is 0 Å². The molecule has 1 N–H and O–H groups in total. The van der Waals surface area contributed by atoms with Crippen molar-refractivity contribution in [1.82, 2.24) is 5.32 Å². The summed E-state index contributed by atoms with van der Waals surface area (Å²) in [6.07, 6.45) is 0. The van der Waals surface area contributed by atoms with Gasteiger partial charge < -0.3 is 5.32 Å². The molecule has 2 aromatic carbocycles. The number of amides is 2. The molecule has 0 aliphatic heterocycles. The Balaban J connectivity index is 1.95. The van der Waals surface area contributed by atoms with Crippen LogP contribution in [0.5, 0.6) is 0 Å². The van der Waals surface area contributed by atoms with Crippen LogP contribution in [0.25, 0.3) is 0 Å². The van der Waals surface area contributed by atoms with Crippen LogP contribution in [-0.4, -0.2) is 13.1 Å². The number of urea groups is 1. The zero-order chi connectivity index (χ0) is 13.7. The second-order valence-corrected chi connectivity index (χ2v) is 4.62. The highest BCUT2D eigenvalue weighted by atomic mass is 35.5. The molecule has 0 fully saturated rings. The molecule has 0 aliphatic rings. The first kappa shape index (κ1) is 13.4. The summed E-state index contributed by atoms with van der Waals surface area (Å²) in [5, 5.41) is 3.52. The maximum Gasteiger partial charge on any atom is 0.321 e. The summed E-state index contributed by atoms with van der Waals surface area (Å²) in [5.41, 5.74) is 1.83. The third-order valence-electron chi connectivity index (χ3n) is 2.78. The number of benzene rings is 2. The molecule has 0 unspecified atom stereocenters. The van der Waals surface area contributed by atoms with E-state index in [2.05, 4.69) is 5.32 Å². The van der Waals surface area contributed by atoms with E-state index in [1.807, 2.05) is 54.6 Å². The molecule has 0 radical (unpaired) electrons. The van der Waals surface area contributed by atoms with Crippen molar-refractivity contribution in [2.24, 2.45) is 0 Å². The summed E-state index contributed by atoms with van der Waals surface area (Å²) in [4.78, 5) is 13.6. The Bertz CT molecular complexity index is 557. The number of anilines is 1. The lowest BCUT2D eigenvalue weighted by Crippen LogP contribution is -2.36. The Morgan fingerprint density at radius 1 is 1.16 bits per heavy atom. The SMILES string of the molecule is CN(C(=O)NCc1cccc(Cl)c1)c1ccccc1. The van der Waals surface area contributed by atoms with Crippen LogP contribution in [0.2, 0.25) is 5.02 Å². The molecule has 3 nitrogen and oxygen atoms in total. The molecule has 2 amide bonds.